The molecule has 3 N–H and O–H groups in total. The van der Waals surface area contributed by atoms with E-state index in [4.69, 9.17) is 33.2 Å². The number of imidazole rings is 1. The van der Waals surface area contributed by atoms with Gasteiger partial charge in [-0.15, -0.1) is 12.3 Å². The van der Waals surface area contributed by atoms with E-state index < -0.39 is 17.7 Å². The number of amides is 1. The summed E-state index contributed by atoms with van der Waals surface area (Å²) in [7, 11) is 0. The van der Waals surface area contributed by atoms with E-state index in [-0.39, 0.29) is 40.6 Å². The summed E-state index contributed by atoms with van der Waals surface area (Å²) in [4.78, 5) is 27.6. The van der Waals surface area contributed by atoms with Crippen molar-refractivity contribution in [1.29, 1.82) is 5.41 Å². The van der Waals surface area contributed by atoms with Crippen LogP contribution in [0.5, 0.6) is 0 Å². The summed E-state index contributed by atoms with van der Waals surface area (Å²) in [6.07, 6.45) is 7.96. The predicted octanol–water partition coefficient (Wildman–Crippen LogP) is 5.90. The van der Waals surface area contributed by atoms with Crippen LogP contribution in [0.3, 0.4) is 0 Å². The van der Waals surface area contributed by atoms with Crippen molar-refractivity contribution in [2.75, 3.05) is 24.7 Å². The highest BCUT2D eigenvalue weighted by Crippen LogP contribution is 2.38. The van der Waals surface area contributed by atoms with Gasteiger partial charge in [-0.3, -0.25) is 10.7 Å². The molecular weight excluding hydrogens is 585 g/mol. The molecule has 12 heteroatoms. The monoisotopic (exact) mass is 615 g/mol. The van der Waals surface area contributed by atoms with Crippen LogP contribution in [-0.4, -0.2) is 56.3 Å². The van der Waals surface area contributed by atoms with Gasteiger partial charge >= 0.3 is 6.09 Å². The van der Waals surface area contributed by atoms with Crippen LogP contribution >= 0.6 is 11.6 Å². The number of anilines is 1. The summed E-state index contributed by atoms with van der Waals surface area (Å²) in [6.45, 7) is 2.04. The highest BCUT2D eigenvalue weighted by atomic mass is 35.5. The summed E-state index contributed by atoms with van der Waals surface area (Å²) in [5, 5.41) is 19.9. The molecule has 1 aliphatic carbocycles. The molecule has 226 valence electrons. The van der Waals surface area contributed by atoms with Gasteiger partial charge in [0.05, 0.1) is 19.3 Å². The van der Waals surface area contributed by atoms with Crippen molar-refractivity contribution in [1.82, 2.24) is 24.8 Å². The molecule has 2 fully saturated rings. The van der Waals surface area contributed by atoms with Gasteiger partial charge in [0.2, 0.25) is 5.95 Å². The SMILES string of the molecule is C#CC1CCC(Cn2c(N3CCOC[C@H]3c3ccccc3)nc3nc(C(=N)NC(=O)O)nc(-c4cc(Cl)ccc4F)c32)CC1. The van der Waals surface area contributed by atoms with Gasteiger partial charge in [-0.1, -0.05) is 41.9 Å². The van der Waals surface area contributed by atoms with E-state index in [2.05, 4.69) is 20.8 Å². The Morgan fingerprint density at radius 1 is 1.16 bits per heavy atom. The lowest BCUT2D eigenvalue weighted by molar-refractivity contribution is 0.0927. The second kappa shape index (κ2) is 12.6. The average Bonchev–Trinajstić information content (AvgIpc) is 3.40. The number of carboxylic acid groups (broad SMARTS) is 1. The van der Waals surface area contributed by atoms with Gasteiger partial charge < -0.3 is 19.3 Å². The summed E-state index contributed by atoms with van der Waals surface area (Å²) in [5.41, 5.74) is 2.01. The van der Waals surface area contributed by atoms with E-state index in [1.54, 1.807) is 0 Å². The number of hydrogen-bond acceptors (Lipinski definition) is 7. The highest BCUT2D eigenvalue weighted by molar-refractivity contribution is 6.30. The standard InChI is InChI=1S/C32H31ClFN7O3/c1-2-19-8-10-20(11-9-19)17-41-27-26(23-16-22(33)12-13-24(23)34)36-30(28(35)37-32(42)43)38-29(27)39-31(41)40-14-15-44-18-25(40)21-6-4-3-5-7-21/h1,3-7,12-13,16,19-20,25H,8-11,14-15,17-18H2,(H2,35,37)(H,42,43)/t19?,20?,25-/m0/s1. The number of morpholine rings is 1. The Kier molecular flexibility index (Phi) is 8.46. The third-order valence-corrected chi connectivity index (χ3v) is 8.55. The molecular formula is C32H31ClFN7O3. The number of nitrogens with one attached hydrogen (secondary N) is 2. The lowest BCUT2D eigenvalue weighted by Gasteiger charge is -2.37. The molecule has 44 heavy (non-hydrogen) atoms. The predicted molar refractivity (Wildman–Crippen MR) is 165 cm³/mol. The number of carbonyl (C=O) groups is 1. The second-order valence-corrected chi connectivity index (χ2v) is 11.5. The molecule has 2 aromatic carbocycles. The first-order chi connectivity index (χ1) is 21.3. The van der Waals surface area contributed by atoms with E-state index >= 15 is 4.39 Å². The minimum Gasteiger partial charge on any atom is -0.465 e. The number of rotatable bonds is 6. The third kappa shape index (κ3) is 5.96. The smallest absolute Gasteiger partial charge is 0.410 e. The van der Waals surface area contributed by atoms with Crippen molar-refractivity contribution in [2.24, 2.45) is 11.8 Å². The first-order valence-electron chi connectivity index (χ1n) is 14.5. The van der Waals surface area contributed by atoms with E-state index in [1.807, 2.05) is 40.2 Å². The minimum absolute atomic E-state index is 0.0969. The molecule has 1 saturated heterocycles. The fraction of sp³-hybridized carbons (Fsp3) is 0.344. The lowest BCUT2D eigenvalue weighted by atomic mass is 9.82. The number of nitrogens with zero attached hydrogens (tertiary/aromatic N) is 5. The van der Waals surface area contributed by atoms with Crippen molar-refractivity contribution >= 4 is 40.6 Å². The molecule has 2 aliphatic rings. The van der Waals surface area contributed by atoms with Gasteiger partial charge in [0.15, 0.2) is 17.3 Å². The Bertz CT molecular complexity index is 1750. The van der Waals surface area contributed by atoms with Gasteiger partial charge in [-0.05, 0) is 55.4 Å². The van der Waals surface area contributed by atoms with E-state index in [0.717, 1.165) is 31.2 Å². The summed E-state index contributed by atoms with van der Waals surface area (Å²) >= 11 is 6.32. The van der Waals surface area contributed by atoms with Crippen LogP contribution in [0.2, 0.25) is 5.02 Å². The minimum atomic E-state index is -1.44. The second-order valence-electron chi connectivity index (χ2n) is 11.1. The van der Waals surface area contributed by atoms with E-state index in [1.165, 1.54) is 18.2 Å². The van der Waals surface area contributed by atoms with Crippen molar-refractivity contribution in [2.45, 2.75) is 38.3 Å². The molecule has 10 nitrogen and oxygen atoms in total. The maximum atomic E-state index is 15.5. The van der Waals surface area contributed by atoms with Crippen LogP contribution in [0.15, 0.2) is 48.5 Å². The van der Waals surface area contributed by atoms with E-state index in [9.17, 15) is 9.90 Å². The summed E-state index contributed by atoms with van der Waals surface area (Å²) in [6, 6.07) is 14.0. The number of terminal acetylenes is 1. The molecule has 3 heterocycles. The zero-order chi connectivity index (χ0) is 30.8. The van der Waals surface area contributed by atoms with E-state index in [0.29, 0.717) is 42.8 Å². The van der Waals surface area contributed by atoms with Crippen LogP contribution in [-0.2, 0) is 11.3 Å². The zero-order valence-corrected chi connectivity index (χ0v) is 24.6. The van der Waals surface area contributed by atoms with Crippen LogP contribution in [0.25, 0.3) is 22.4 Å². The van der Waals surface area contributed by atoms with Crippen LogP contribution in [0.4, 0.5) is 15.1 Å². The molecule has 1 aliphatic heterocycles. The number of benzene rings is 2. The zero-order valence-electron chi connectivity index (χ0n) is 23.8. The van der Waals surface area contributed by atoms with Gasteiger partial charge in [0.1, 0.15) is 17.0 Å². The molecule has 1 atom stereocenters. The third-order valence-electron chi connectivity index (χ3n) is 8.31. The van der Waals surface area contributed by atoms with Gasteiger partial charge in [0.25, 0.3) is 0 Å². The number of fused-ring (bicyclic) bond motifs is 1. The maximum Gasteiger partial charge on any atom is 0.410 e. The molecule has 2 aromatic heterocycles. The fourth-order valence-electron chi connectivity index (χ4n) is 6.12. The lowest BCUT2D eigenvalue weighted by Crippen LogP contribution is -2.41. The van der Waals surface area contributed by atoms with Crippen molar-refractivity contribution in [3.8, 4) is 23.6 Å². The number of aromatic nitrogens is 4. The molecule has 0 bridgehead atoms. The first-order valence-corrected chi connectivity index (χ1v) is 14.9. The van der Waals surface area contributed by atoms with Gasteiger partial charge in [0, 0.05) is 29.6 Å². The van der Waals surface area contributed by atoms with Crippen molar-refractivity contribution in [3.63, 3.8) is 0 Å². The number of hydrogen-bond donors (Lipinski definition) is 3. The number of ether oxygens (including phenoxy) is 1. The molecule has 1 amide bonds. The topological polar surface area (TPSA) is 129 Å². The molecule has 0 unspecified atom stereocenters. The Labute approximate surface area is 258 Å². The molecule has 6 rings (SSSR count). The van der Waals surface area contributed by atoms with Crippen molar-refractivity contribution < 1.29 is 19.0 Å². The normalized spacial score (nSPS) is 20.3. The van der Waals surface area contributed by atoms with Crippen LogP contribution < -0.4 is 10.2 Å². The maximum absolute atomic E-state index is 15.5. The first kappa shape index (κ1) is 29.5. The molecule has 0 spiro atoms. The fourth-order valence-corrected chi connectivity index (χ4v) is 6.29. The Morgan fingerprint density at radius 3 is 2.66 bits per heavy atom. The summed E-state index contributed by atoms with van der Waals surface area (Å²) in [5.74, 6) is 2.67. The van der Waals surface area contributed by atoms with Gasteiger partial charge in [-0.25, -0.2) is 19.2 Å². The molecule has 1 saturated carbocycles. The number of halogens is 2. The largest absolute Gasteiger partial charge is 0.465 e. The van der Waals surface area contributed by atoms with Crippen LogP contribution in [0, 0.1) is 35.4 Å². The molecule has 0 radical (unpaired) electrons. The Balaban J connectivity index is 1.57. The quantitative estimate of drug-likeness (QED) is 0.140. The van der Waals surface area contributed by atoms with Gasteiger partial charge in [-0.2, -0.15) is 4.98 Å². The molecule has 4 aromatic rings. The van der Waals surface area contributed by atoms with Crippen LogP contribution in [0.1, 0.15) is 43.1 Å². The van der Waals surface area contributed by atoms with Crippen molar-refractivity contribution in [3.05, 3.63) is 70.8 Å². The summed E-state index contributed by atoms with van der Waals surface area (Å²) < 4.78 is 23.4. The Hall–Kier alpha value is -4.53. The number of amidine groups is 1. The highest BCUT2D eigenvalue weighted by Gasteiger charge is 2.33. The Morgan fingerprint density at radius 2 is 1.93 bits per heavy atom. The average molecular weight is 616 g/mol.